The number of methoxy groups -OCH3 is 1. The highest BCUT2D eigenvalue weighted by molar-refractivity contribution is 5.97. The molecular formula is C18H25NO4. The average molecular weight is 319 g/mol. The predicted molar refractivity (Wildman–Crippen MR) is 89.7 cm³/mol. The molecule has 2 rings (SSSR count). The minimum absolute atomic E-state index is 0.134. The van der Waals surface area contributed by atoms with Crippen molar-refractivity contribution >= 4 is 16.9 Å². The van der Waals surface area contributed by atoms with Crippen LogP contribution in [-0.2, 0) is 0 Å². The number of amides is 1. The number of carbonyl (C=O) groups is 1. The fourth-order valence-corrected chi connectivity index (χ4v) is 2.79. The lowest BCUT2D eigenvalue weighted by molar-refractivity contribution is 0.0915. The van der Waals surface area contributed by atoms with E-state index in [9.17, 15) is 4.79 Å². The van der Waals surface area contributed by atoms with E-state index in [0.717, 1.165) is 11.8 Å². The fraction of sp³-hybridized carbons (Fsp3) is 0.500. The summed E-state index contributed by atoms with van der Waals surface area (Å²) in [5.41, 5.74) is 0.578. The lowest BCUT2D eigenvalue weighted by Gasteiger charge is -2.18. The molecule has 0 bridgehead atoms. The van der Waals surface area contributed by atoms with Crippen LogP contribution in [0.1, 0.15) is 37.2 Å². The lowest BCUT2D eigenvalue weighted by Crippen LogP contribution is -2.30. The van der Waals surface area contributed by atoms with Crippen molar-refractivity contribution in [1.29, 1.82) is 0 Å². The molecule has 1 atom stereocenters. The van der Waals surface area contributed by atoms with Gasteiger partial charge >= 0.3 is 0 Å². The van der Waals surface area contributed by atoms with Gasteiger partial charge in [-0.1, -0.05) is 26.0 Å². The monoisotopic (exact) mass is 319 g/mol. The van der Waals surface area contributed by atoms with Gasteiger partial charge in [0.25, 0.3) is 5.91 Å². The molecule has 5 heteroatoms. The maximum absolute atomic E-state index is 12.3. The van der Waals surface area contributed by atoms with Crippen LogP contribution < -0.4 is 10.1 Å². The number of hydrogen-bond acceptors (Lipinski definition) is 4. The summed E-state index contributed by atoms with van der Waals surface area (Å²) in [4.78, 5) is 12.3. The standard InChI is InChI=1S/C18H25NO4/c1-12(2)9-13(7-8-20)11-19-18(21)16-10-14-5-4-6-15(22-3)17(14)23-16/h4-6,10,12-13,20H,7-9,11H2,1-3H3,(H,19,21). The summed E-state index contributed by atoms with van der Waals surface area (Å²) < 4.78 is 10.9. The van der Waals surface area contributed by atoms with Gasteiger partial charge in [0, 0.05) is 18.5 Å². The average Bonchev–Trinajstić information content (AvgIpc) is 2.96. The fourth-order valence-electron chi connectivity index (χ4n) is 2.79. The summed E-state index contributed by atoms with van der Waals surface area (Å²) in [6.07, 6.45) is 1.65. The van der Waals surface area contributed by atoms with E-state index >= 15 is 0 Å². The highest BCUT2D eigenvalue weighted by Crippen LogP contribution is 2.28. The number of ether oxygens (including phenoxy) is 1. The zero-order valence-corrected chi connectivity index (χ0v) is 14.0. The third-order valence-corrected chi connectivity index (χ3v) is 3.85. The number of aliphatic hydroxyl groups excluding tert-OH is 1. The van der Waals surface area contributed by atoms with E-state index in [0.29, 0.717) is 30.2 Å². The van der Waals surface area contributed by atoms with E-state index in [-0.39, 0.29) is 24.2 Å². The van der Waals surface area contributed by atoms with Crippen molar-refractivity contribution in [2.75, 3.05) is 20.3 Å². The molecule has 0 aliphatic carbocycles. The van der Waals surface area contributed by atoms with Crippen molar-refractivity contribution < 1.29 is 19.1 Å². The van der Waals surface area contributed by atoms with Crippen molar-refractivity contribution in [1.82, 2.24) is 5.32 Å². The summed E-state index contributed by atoms with van der Waals surface area (Å²) in [6, 6.07) is 7.26. The van der Waals surface area contributed by atoms with Crippen LogP contribution in [-0.4, -0.2) is 31.3 Å². The third kappa shape index (κ3) is 4.48. The molecule has 0 fully saturated rings. The summed E-state index contributed by atoms with van der Waals surface area (Å²) in [7, 11) is 1.57. The Hall–Kier alpha value is -2.01. The second-order valence-corrected chi connectivity index (χ2v) is 6.21. The third-order valence-electron chi connectivity index (χ3n) is 3.85. The predicted octanol–water partition coefficient (Wildman–Crippen LogP) is 3.22. The van der Waals surface area contributed by atoms with E-state index in [1.54, 1.807) is 19.2 Å². The number of nitrogens with one attached hydrogen (secondary N) is 1. The van der Waals surface area contributed by atoms with Crippen LogP contribution in [0.25, 0.3) is 11.0 Å². The normalized spacial score (nSPS) is 12.6. The molecule has 2 aromatic rings. The number of furan rings is 1. The smallest absolute Gasteiger partial charge is 0.287 e. The van der Waals surface area contributed by atoms with Gasteiger partial charge in [0.1, 0.15) is 0 Å². The molecule has 1 aromatic carbocycles. The van der Waals surface area contributed by atoms with Crippen molar-refractivity contribution in [3.63, 3.8) is 0 Å². The molecule has 0 aliphatic heterocycles. The molecule has 0 spiro atoms. The molecule has 0 radical (unpaired) electrons. The number of para-hydroxylation sites is 1. The van der Waals surface area contributed by atoms with Gasteiger partial charge in [0.15, 0.2) is 17.1 Å². The molecule has 1 amide bonds. The van der Waals surface area contributed by atoms with Crippen LogP contribution in [0.4, 0.5) is 0 Å². The molecule has 1 aromatic heterocycles. The molecule has 1 unspecified atom stereocenters. The first-order valence-corrected chi connectivity index (χ1v) is 8.00. The van der Waals surface area contributed by atoms with Crippen molar-refractivity contribution in [2.45, 2.75) is 26.7 Å². The zero-order chi connectivity index (χ0) is 16.8. The number of benzene rings is 1. The molecule has 126 valence electrons. The van der Waals surface area contributed by atoms with Crippen LogP contribution in [0.5, 0.6) is 5.75 Å². The van der Waals surface area contributed by atoms with Crippen LogP contribution in [0.15, 0.2) is 28.7 Å². The molecular weight excluding hydrogens is 294 g/mol. The van der Waals surface area contributed by atoms with Crippen molar-refractivity contribution in [3.8, 4) is 5.75 Å². The maximum atomic E-state index is 12.3. The van der Waals surface area contributed by atoms with Crippen LogP contribution >= 0.6 is 0 Å². The largest absolute Gasteiger partial charge is 0.493 e. The SMILES string of the molecule is COc1cccc2cc(C(=O)NCC(CCO)CC(C)C)oc12. The van der Waals surface area contributed by atoms with Crippen molar-refractivity contribution in [2.24, 2.45) is 11.8 Å². The summed E-state index contributed by atoms with van der Waals surface area (Å²) in [5.74, 6) is 1.44. The van der Waals surface area contributed by atoms with Crippen LogP contribution in [0.2, 0.25) is 0 Å². The van der Waals surface area contributed by atoms with Crippen LogP contribution in [0.3, 0.4) is 0 Å². The van der Waals surface area contributed by atoms with Gasteiger partial charge in [0.2, 0.25) is 0 Å². The minimum Gasteiger partial charge on any atom is -0.493 e. The number of aliphatic hydroxyl groups is 1. The molecule has 0 saturated carbocycles. The molecule has 0 saturated heterocycles. The molecule has 5 nitrogen and oxygen atoms in total. The molecule has 0 aliphatic rings. The van der Waals surface area contributed by atoms with Crippen molar-refractivity contribution in [3.05, 3.63) is 30.0 Å². The first-order valence-electron chi connectivity index (χ1n) is 8.00. The molecule has 1 heterocycles. The van der Waals surface area contributed by atoms with E-state index in [4.69, 9.17) is 14.3 Å². The van der Waals surface area contributed by atoms with Gasteiger partial charge in [-0.25, -0.2) is 0 Å². The maximum Gasteiger partial charge on any atom is 0.287 e. The Kier molecular flexibility index (Phi) is 6.04. The summed E-state index contributed by atoms with van der Waals surface area (Å²) in [5, 5.41) is 12.9. The quantitative estimate of drug-likeness (QED) is 0.783. The number of fused-ring (bicyclic) bond motifs is 1. The van der Waals surface area contributed by atoms with E-state index in [2.05, 4.69) is 19.2 Å². The van der Waals surface area contributed by atoms with Gasteiger partial charge in [0.05, 0.1) is 7.11 Å². The van der Waals surface area contributed by atoms with Gasteiger partial charge in [-0.3, -0.25) is 4.79 Å². The lowest BCUT2D eigenvalue weighted by atomic mass is 9.94. The number of hydrogen-bond donors (Lipinski definition) is 2. The number of carbonyl (C=O) groups excluding carboxylic acids is 1. The highest BCUT2D eigenvalue weighted by Gasteiger charge is 2.17. The Labute approximate surface area is 136 Å². The zero-order valence-electron chi connectivity index (χ0n) is 14.0. The Morgan fingerprint density at radius 1 is 1.39 bits per heavy atom. The Balaban J connectivity index is 2.05. The van der Waals surface area contributed by atoms with E-state index in [1.807, 2.05) is 12.1 Å². The molecule has 2 N–H and O–H groups in total. The summed E-state index contributed by atoms with van der Waals surface area (Å²) in [6.45, 7) is 4.94. The van der Waals surface area contributed by atoms with Crippen LogP contribution in [0, 0.1) is 11.8 Å². The second kappa shape index (κ2) is 8.02. The Morgan fingerprint density at radius 2 is 2.17 bits per heavy atom. The van der Waals surface area contributed by atoms with Gasteiger partial charge in [-0.05, 0) is 36.8 Å². The van der Waals surface area contributed by atoms with Gasteiger partial charge in [-0.2, -0.15) is 0 Å². The molecule has 23 heavy (non-hydrogen) atoms. The van der Waals surface area contributed by atoms with E-state index < -0.39 is 0 Å². The van der Waals surface area contributed by atoms with Gasteiger partial charge < -0.3 is 19.6 Å². The Morgan fingerprint density at radius 3 is 2.83 bits per heavy atom. The first-order chi connectivity index (χ1) is 11.0. The summed E-state index contributed by atoms with van der Waals surface area (Å²) >= 11 is 0. The second-order valence-electron chi connectivity index (χ2n) is 6.21. The number of rotatable bonds is 8. The Bertz CT molecular complexity index is 648. The topological polar surface area (TPSA) is 71.7 Å². The minimum atomic E-state index is -0.241. The highest BCUT2D eigenvalue weighted by atomic mass is 16.5. The van der Waals surface area contributed by atoms with E-state index in [1.165, 1.54) is 0 Å². The van der Waals surface area contributed by atoms with Gasteiger partial charge in [-0.15, -0.1) is 0 Å². The first kappa shape index (κ1) is 17.3.